The van der Waals surface area contributed by atoms with Crippen LogP contribution in [0, 0.1) is 13.8 Å². The number of nitrogens with zero attached hydrogens (tertiary/aromatic N) is 10. The quantitative estimate of drug-likeness (QED) is 0.0914. The Hall–Kier alpha value is -11.4. The number of aryl methyl sites for hydroxylation is 2. The Bertz CT molecular complexity index is 5740. The van der Waals surface area contributed by atoms with Crippen molar-refractivity contribution in [1.29, 1.82) is 0 Å². The van der Waals surface area contributed by atoms with Crippen LogP contribution in [0.4, 0.5) is 0 Å². The number of benzene rings is 4. The number of fused-ring (bicyclic) bond motifs is 4. The predicted molar refractivity (Wildman–Crippen MR) is 441 cm³/mol. The number of ether oxygens (including phenoxy) is 4. The number of rotatable bonds is 16. The number of halogens is 2. The van der Waals surface area contributed by atoms with Crippen molar-refractivity contribution in [3.05, 3.63) is 284 Å². The minimum Gasteiger partial charge on any atom is -0.497 e. The fourth-order valence-corrected chi connectivity index (χ4v) is 16.9. The molecule has 26 heteroatoms. The molecule has 0 aliphatic carbocycles. The molecule has 0 unspecified atom stereocenters. The second kappa shape index (κ2) is 35.3. The van der Waals surface area contributed by atoms with Crippen LogP contribution in [0.1, 0.15) is 88.7 Å². The first-order chi connectivity index (χ1) is 53.4. The maximum Gasteiger partial charge on any atom is 0.275 e. The lowest BCUT2D eigenvalue weighted by molar-refractivity contribution is 0.0816. The molecular weight excluding hydrogens is 1500 g/mol. The number of carbonyl (C=O) groups excluding carboxylic acids is 4. The molecule has 0 saturated carbocycles. The number of hydrogen-bond donors (Lipinski definition) is 2. The molecule has 556 valence electrons. The molecule has 110 heavy (non-hydrogen) atoms. The molecule has 0 saturated heterocycles. The topological polar surface area (TPSA) is 239 Å². The zero-order chi connectivity index (χ0) is 77.0. The van der Waals surface area contributed by atoms with E-state index in [0.29, 0.717) is 71.7 Å². The summed E-state index contributed by atoms with van der Waals surface area (Å²) in [7, 11) is 10.1. The van der Waals surface area contributed by atoms with Gasteiger partial charge in [0.15, 0.2) is 22.8 Å². The Balaban J connectivity index is 0.000000129. The van der Waals surface area contributed by atoms with Crippen molar-refractivity contribution in [2.24, 2.45) is 0 Å². The third-order valence-electron chi connectivity index (χ3n) is 17.8. The van der Waals surface area contributed by atoms with Gasteiger partial charge in [-0.15, -0.1) is 65.7 Å². The molecule has 2 N–H and O–H groups in total. The Morgan fingerprint density at radius 1 is 0.409 bits per heavy atom. The fraction of sp³-hybridized carbons (Fsp3) is 0.190. The minimum absolute atomic E-state index is 0.135. The molecule has 0 fully saturated rings. The Morgan fingerprint density at radius 2 is 0.718 bits per heavy atom. The van der Waals surface area contributed by atoms with Crippen LogP contribution >= 0.6 is 68.5 Å². The summed E-state index contributed by atoms with van der Waals surface area (Å²) in [4.78, 5) is 57.1. The molecule has 12 aromatic rings. The molecule has 0 spiro atoms. The maximum atomic E-state index is 12.6. The summed E-state index contributed by atoms with van der Waals surface area (Å²) in [5, 5.41) is 45.0. The second-order valence-corrected chi connectivity index (χ2v) is 31.3. The normalized spacial score (nSPS) is 13.3. The SMILES string of the molecule is CN(C)C(=O)c1nnc(CC2=COCC=C2)c2cc(-c3ccc(Cl)cc3)sc12.CNC(=O)c1nnc(CC2=COC=CC2)c2cc(-c3ccc(C)cc3)sc12.CNC(=O)c1nnc(CC2=COCC=C2)c2cc(-c3ccc(Cl)cc3)sc12.Cc1ccc(-c2cc3c(CC4=COC=CC4)nnc(C(=O)N(C)C)c3s2)cc1. The van der Waals surface area contributed by atoms with Crippen molar-refractivity contribution in [2.75, 3.05) is 55.5 Å². The average Bonchev–Trinajstić information content (AvgIpc) is 1.64. The Morgan fingerprint density at radius 3 is 1.01 bits per heavy atom. The van der Waals surface area contributed by atoms with Crippen LogP contribution < -0.4 is 10.6 Å². The highest BCUT2D eigenvalue weighted by atomic mass is 35.5. The predicted octanol–water partition coefficient (Wildman–Crippen LogP) is 18.2. The summed E-state index contributed by atoms with van der Waals surface area (Å²) >= 11 is 18.3. The Kier molecular flexibility index (Phi) is 24.7. The number of thiophene rings is 4. The van der Waals surface area contributed by atoms with Crippen LogP contribution in [0.5, 0.6) is 0 Å². The summed E-state index contributed by atoms with van der Waals surface area (Å²) in [6.07, 6.45) is 26.5. The molecule has 4 aliphatic rings. The number of aromatic nitrogens is 8. The largest absolute Gasteiger partial charge is 0.497 e. The molecular formula is C84H74Cl2N12O8S4. The van der Waals surface area contributed by atoms with E-state index in [1.807, 2.05) is 85.0 Å². The van der Waals surface area contributed by atoms with Crippen LogP contribution in [0.3, 0.4) is 0 Å². The summed E-state index contributed by atoms with van der Waals surface area (Å²) in [6, 6.07) is 40.5. The first kappa shape index (κ1) is 76.8. The molecule has 8 aromatic heterocycles. The van der Waals surface area contributed by atoms with Crippen LogP contribution in [0.15, 0.2) is 218 Å². The number of allylic oxidation sites excluding steroid dienone is 8. The van der Waals surface area contributed by atoms with Gasteiger partial charge in [-0.1, -0.05) is 119 Å². The first-order valence-electron chi connectivity index (χ1n) is 35.0. The van der Waals surface area contributed by atoms with Gasteiger partial charge in [0.25, 0.3) is 23.6 Å². The van der Waals surface area contributed by atoms with Crippen molar-refractivity contribution >= 4 is 133 Å². The Labute approximate surface area is 661 Å². The fourth-order valence-electron chi connectivity index (χ4n) is 12.0. The summed E-state index contributed by atoms with van der Waals surface area (Å²) in [5.41, 5.74) is 15.9. The third-order valence-corrected chi connectivity index (χ3v) is 23.0. The van der Waals surface area contributed by atoms with Crippen molar-refractivity contribution in [3.8, 4) is 41.8 Å². The van der Waals surface area contributed by atoms with E-state index >= 15 is 0 Å². The summed E-state index contributed by atoms with van der Waals surface area (Å²) in [6.45, 7) is 5.31. The lowest BCUT2D eigenvalue weighted by Gasteiger charge is -2.12. The van der Waals surface area contributed by atoms with Gasteiger partial charge >= 0.3 is 0 Å². The van der Waals surface area contributed by atoms with E-state index in [9.17, 15) is 19.2 Å². The third kappa shape index (κ3) is 18.1. The van der Waals surface area contributed by atoms with Gasteiger partial charge in [-0.3, -0.25) is 19.2 Å². The summed E-state index contributed by atoms with van der Waals surface area (Å²) < 4.78 is 24.7. The van der Waals surface area contributed by atoms with Gasteiger partial charge in [-0.05, 0) is 144 Å². The van der Waals surface area contributed by atoms with Crippen LogP contribution in [0.2, 0.25) is 10.0 Å². The van der Waals surface area contributed by atoms with Gasteiger partial charge < -0.3 is 39.4 Å². The average molecular weight is 1580 g/mol. The number of amides is 4. The molecule has 4 aromatic carbocycles. The highest BCUT2D eigenvalue weighted by Crippen LogP contribution is 2.42. The highest BCUT2D eigenvalue weighted by Gasteiger charge is 2.26. The van der Waals surface area contributed by atoms with E-state index in [1.165, 1.54) is 32.3 Å². The lowest BCUT2D eigenvalue weighted by Crippen LogP contribution is -2.23. The van der Waals surface area contributed by atoms with Crippen molar-refractivity contribution in [2.45, 2.75) is 52.4 Å². The van der Waals surface area contributed by atoms with E-state index in [0.717, 1.165) is 140 Å². The molecule has 16 rings (SSSR count). The highest BCUT2D eigenvalue weighted by molar-refractivity contribution is 7.23. The van der Waals surface area contributed by atoms with E-state index in [-0.39, 0.29) is 23.6 Å². The molecule has 20 nitrogen and oxygen atoms in total. The van der Waals surface area contributed by atoms with Gasteiger partial charge in [0.1, 0.15) is 13.2 Å². The second-order valence-electron chi connectivity index (χ2n) is 26.2. The molecule has 12 heterocycles. The summed E-state index contributed by atoms with van der Waals surface area (Å²) in [5.74, 6) is -0.763. The van der Waals surface area contributed by atoms with Gasteiger partial charge in [0.2, 0.25) is 0 Å². The zero-order valence-corrected chi connectivity index (χ0v) is 66.0. The standard InChI is InChI=1S/C22H21N3O2S.C21H18ClN3O2S.C21H19N3O2S.C20H16ClN3O2S/c1-14-6-8-16(9-7-14)19-12-17-18(11-15-5-4-10-27-13-15)23-24-20(21(17)28-19)22(26)25(2)3;1-25(2)21(26)19-20-16(11-18(28-20)14-5-7-15(22)8-6-14)17(23-24-19)10-13-4-3-9-27-12-13;1-13-5-7-15(8-6-13)18-11-16-17(10-14-4-3-9-26-12-14)23-24-19(20(16)27-18)21(25)22-2;1-22-20(25)18-19-15(10-17(27-19)13-4-6-14(21)7-5-13)16(23-24-18)9-12-3-2-8-26-11-12/h4,6-10,12-13H,5,11H2,1-3H3;3-8,11-12H,9-10H2,1-2H3;3,5-9,11-12H,4,10H2,1-2H3,(H,22,25);2-7,10-11H,8-9H2,1H3,(H,22,25). The molecule has 0 bridgehead atoms. The number of carbonyl (C=O) groups is 4. The van der Waals surface area contributed by atoms with Crippen LogP contribution in [-0.2, 0) is 44.6 Å². The van der Waals surface area contributed by atoms with Crippen molar-refractivity contribution in [1.82, 2.24) is 61.2 Å². The smallest absolute Gasteiger partial charge is 0.275 e. The molecule has 0 radical (unpaired) electrons. The lowest BCUT2D eigenvalue weighted by atomic mass is 10.0. The van der Waals surface area contributed by atoms with E-state index in [2.05, 4.69) is 138 Å². The van der Waals surface area contributed by atoms with Crippen molar-refractivity contribution < 1.29 is 38.1 Å². The van der Waals surface area contributed by atoms with E-state index in [1.54, 1.807) is 114 Å². The van der Waals surface area contributed by atoms with Crippen LogP contribution in [0.25, 0.3) is 82.1 Å². The van der Waals surface area contributed by atoms with E-state index < -0.39 is 0 Å². The van der Waals surface area contributed by atoms with Gasteiger partial charge in [-0.2, -0.15) is 20.4 Å². The number of hydrogen-bond acceptors (Lipinski definition) is 20. The van der Waals surface area contributed by atoms with Gasteiger partial charge in [0.05, 0.1) is 79.1 Å². The van der Waals surface area contributed by atoms with Gasteiger partial charge in [0, 0.05) is 119 Å². The van der Waals surface area contributed by atoms with Gasteiger partial charge in [-0.25, -0.2) is 0 Å². The monoisotopic (exact) mass is 1580 g/mol. The molecule has 4 aliphatic heterocycles. The van der Waals surface area contributed by atoms with Crippen LogP contribution in [-0.4, -0.2) is 130 Å². The first-order valence-corrected chi connectivity index (χ1v) is 39.0. The zero-order valence-electron chi connectivity index (χ0n) is 61.3. The molecule has 0 atom stereocenters. The molecule has 4 amide bonds. The van der Waals surface area contributed by atoms with E-state index in [4.69, 9.17) is 42.1 Å². The minimum atomic E-state index is -0.247. The van der Waals surface area contributed by atoms with Crippen molar-refractivity contribution in [3.63, 3.8) is 0 Å². The maximum absolute atomic E-state index is 12.6. The number of nitrogens with one attached hydrogen (secondary N) is 2.